The van der Waals surface area contributed by atoms with Crippen LogP contribution in [-0.2, 0) is 9.53 Å². The first-order chi connectivity index (χ1) is 5.16. The molecule has 0 aliphatic heterocycles. The average molecular weight is 157 g/mol. The first-order valence-electron chi connectivity index (χ1n) is 3.65. The van der Waals surface area contributed by atoms with Crippen molar-refractivity contribution in [3.05, 3.63) is 12.2 Å². The summed E-state index contributed by atoms with van der Waals surface area (Å²) in [6.07, 6.45) is 0. The van der Waals surface area contributed by atoms with Crippen molar-refractivity contribution in [2.24, 2.45) is 0 Å². The van der Waals surface area contributed by atoms with E-state index in [1.165, 1.54) is 0 Å². The molecule has 1 amide bonds. The van der Waals surface area contributed by atoms with E-state index in [0.717, 1.165) is 5.57 Å². The first-order valence-corrected chi connectivity index (χ1v) is 3.65. The predicted octanol–water partition coefficient (Wildman–Crippen LogP) is 0.715. The first kappa shape index (κ1) is 10.2. The number of nitrogens with one attached hydrogen (secondary N) is 1. The standard InChI is InChI=1S/C8H15NO2/c1-4-11-6-8(10)9-5-7(2)3/h2,4-6H2,1,3H3,(H,9,10). The Morgan fingerprint density at radius 1 is 1.64 bits per heavy atom. The lowest BCUT2D eigenvalue weighted by Gasteiger charge is -2.03. The second-order valence-electron chi connectivity index (χ2n) is 2.37. The van der Waals surface area contributed by atoms with Crippen molar-refractivity contribution >= 4 is 5.91 Å². The number of rotatable bonds is 5. The molecule has 0 aromatic heterocycles. The molecule has 0 unspecified atom stereocenters. The maximum absolute atomic E-state index is 10.8. The highest BCUT2D eigenvalue weighted by atomic mass is 16.5. The zero-order valence-corrected chi connectivity index (χ0v) is 7.14. The molecule has 0 aromatic carbocycles. The lowest BCUT2D eigenvalue weighted by Crippen LogP contribution is -2.28. The zero-order chi connectivity index (χ0) is 8.69. The van der Waals surface area contributed by atoms with Gasteiger partial charge in [-0.15, -0.1) is 0 Å². The van der Waals surface area contributed by atoms with Crippen LogP contribution in [-0.4, -0.2) is 25.7 Å². The number of hydrogen-bond acceptors (Lipinski definition) is 2. The van der Waals surface area contributed by atoms with Crippen molar-refractivity contribution in [2.75, 3.05) is 19.8 Å². The highest BCUT2D eigenvalue weighted by Crippen LogP contribution is 1.81. The summed E-state index contributed by atoms with van der Waals surface area (Å²) in [4.78, 5) is 10.8. The van der Waals surface area contributed by atoms with Gasteiger partial charge >= 0.3 is 0 Å². The maximum Gasteiger partial charge on any atom is 0.246 e. The van der Waals surface area contributed by atoms with Crippen molar-refractivity contribution in [1.82, 2.24) is 5.32 Å². The molecule has 3 nitrogen and oxygen atoms in total. The fourth-order valence-corrected chi connectivity index (χ4v) is 0.495. The third-order valence-corrected chi connectivity index (χ3v) is 1.02. The Morgan fingerprint density at radius 2 is 2.27 bits per heavy atom. The monoisotopic (exact) mass is 157 g/mol. The van der Waals surface area contributed by atoms with E-state index in [1.807, 2.05) is 13.8 Å². The molecule has 0 fully saturated rings. The van der Waals surface area contributed by atoms with E-state index < -0.39 is 0 Å². The van der Waals surface area contributed by atoms with E-state index >= 15 is 0 Å². The molecule has 11 heavy (non-hydrogen) atoms. The van der Waals surface area contributed by atoms with Crippen molar-refractivity contribution in [3.63, 3.8) is 0 Å². The van der Waals surface area contributed by atoms with Crippen LogP contribution in [0.25, 0.3) is 0 Å². The number of hydrogen-bond donors (Lipinski definition) is 1. The third kappa shape index (κ3) is 7.06. The SMILES string of the molecule is C=C(C)CNC(=O)COCC. The molecular weight excluding hydrogens is 142 g/mol. The highest BCUT2D eigenvalue weighted by molar-refractivity contribution is 5.77. The predicted molar refractivity (Wildman–Crippen MR) is 44.3 cm³/mol. The summed E-state index contributed by atoms with van der Waals surface area (Å²) in [5.74, 6) is -0.0881. The van der Waals surface area contributed by atoms with Gasteiger partial charge in [0.2, 0.25) is 5.91 Å². The highest BCUT2D eigenvalue weighted by Gasteiger charge is 1.97. The lowest BCUT2D eigenvalue weighted by atomic mass is 10.3. The fourth-order valence-electron chi connectivity index (χ4n) is 0.495. The van der Waals surface area contributed by atoms with Crippen molar-refractivity contribution in [1.29, 1.82) is 0 Å². The number of carbonyl (C=O) groups excluding carboxylic acids is 1. The summed E-state index contributed by atoms with van der Waals surface area (Å²) in [5.41, 5.74) is 0.940. The largest absolute Gasteiger partial charge is 0.372 e. The van der Waals surface area contributed by atoms with Gasteiger partial charge in [-0.3, -0.25) is 4.79 Å². The Hall–Kier alpha value is -0.830. The Kier molecular flexibility index (Phi) is 5.47. The molecular formula is C8H15NO2. The third-order valence-electron chi connectivity index (χ3n) is 1.02. The van der Waals surface area contributed by atoms with Gasteiger partial charge in [0.05, 0.1) is 0 Å². The second kappa shape index (κ2) is 5.92. The molecule has 3 heteroatoms. The van der Waals surface area contributed by atoms with E-state index in [9.17, 15) is 4.79 Å². The van der Waals surface area contributed by atoms with Gasteiger partial charge in [-0.1, -0.05) is 12.2 Å². The van der Waals surface area contributed by atoms with Crippen LogP contribution in [0.1, 0.15) is 13.8 Å². The van der Waals surface area contributed by atoms with E-state index in [0.29, 0.717) is 13.2 Å². The minimum absolute atomic E-state index is 0.0881. The summed E-state index contributed by atoms with van der Waals surface area (Å²) in [5, 5.41) is 2.65. The van der Waals surface area contributed by atoms with E-state index in [2.05, 4.69) is 11.9 Å². The number of amides is 1. The van der Waals surface area contributed by atoms with E-state index in [-0.39, 0.29) is 12.5 Å². The second-order valence-corrected chi connectivity index (χ2v) is 2.37. The summed E-state index contributed by atoms with van der Waals surface area (Å²) < 4.78 is 4.89. The van der Waals surface area contributed by atoms with Gasteiger partial charge in [0, 0.05) is 13.2 Å². The normalized spacial score (nSPS) is 9.27. The minimum atomic E-state index is -0.0881. The van der Waals surface area contributed by atoms with Gasteiger partial charge in [0.1, 0.15) is 6.61 Å². The van der Waals surface area contributed by atoms with Crippen LogP contribution in [0.3, 0.4) is 0 Å². The Morgan fingerprint density at radius 3 is 2.73 bits per heavy atom. The van der Waals surface area contributed by atoms with Crippen LogP contribution in [0.2, 0.25) is 0 Å². The van der Waals surface area contributed by atoms with Crippen LogP contribution in [0, 0.1) is 0 Å². The summed E-state index contributed by atoms with van der Waals surface area (Å²) >= 11 is 0. The van der Waals surface area contributed by atoms with Gasteiger partial charge in [-0.2, -0.15) is 0 Å². The van der Waals surface area contributed by atoms with Gasteiger partial charge in [-0.25, -0.2) is 0 Å². The quantitative estimate of drug-likeness (QED) is 0.597. The molecule has 0 aliphatic rings. The van der Waals surface area contributed by atoms with Gasteiger partial charge in [0.15, 0.2) is 0 Å². The Labute approximate surface area is 67.4 Å². The fraction of sp³-hybridized carbons (Fsp3) is 0.625. The van der Waals surface area contributed by atoms with Crippen molar-refractivity contribution < 1.29 is 9.53 Å². The van der Waals surface area contributed by atoms with E-state index in [1.54, 1.807) is 0 Å². The molecule has 0 aliphatic carbocycles. The van der Waals surface area contributed by atoms with Gasteiger partial charge < -0.3 is 10.1 Å². The summed E-state index contributed by atoms with van der Waals surface area (Å²) in [6, 6.07) is 0. The molecule has 64 valence electrons. The smallest absolute Gasteiger partial charge is 0.246 e. The van der Waals surface area contributed by atoms with Gasteiger partial charge in [-0.05, 0) is 13.8 Å². The lowest BCUT2D eigenvalue weighted by molar-refractivity contribution is -0.125. The molecule has 0 spiro atoms. The van der Waals surface area contributed by atoms with E-state index in [4.69, 9.17) is 4.74 Å². The van der Waals surface area contributed by atoms with Crippen LogP contribution >= 0.6 is 0 Å². The minimum Gasteiger partial charge on any atom is -0.372 e. The molecule has 0 heterocycles. The summed E-state index contributed by atoms with van der Waals surface area (Å²) in [6.45, 7) is 8.61. The summed E-state index contributed by atoms with van der Waals surface area (Å²) in [7, 11) is 0. The molecule has 0 atom stereocenters. The van der Waals surface area contributed by atoms with Crippen LogP contribution in [0.5, 0.6) is 0 Å². The molecule has 0 radical (unpaired) electrons. The molecule has 0 saturated heterocycles. The molecule has 0 aromatic rings. The topological polar surface area (TPSA) is 38.3 Å². The molecule has 0 bridgehead atoms. The molecule has 0 rings (SSSR count). The Bertz CT molecular complexity index is 143. The number of carbonyl (C=O) groups is 1. The maximum atomic E-state index is 10.8. The van der Waals surface area contributed by atoms with Crippen molar-refractivity contribution in [2.45, 2.75) is 13.8 Å². The molecule has 1 N–H and O–H groups in total. The van der Waals surface area contributed by atoms with Crippen molar-refractivity contribution in [3.8, 4) is 0 Å². The Balaban J connectivity index is 3.30. The zero-order valence-electron chi connectivity index (χ0n) is 7.14. The molecule has 0 saturated carbocycles. The van der Waals surface area contributed by atoms with Gasteiger partial charge in [0.25, 0.3) is 0 Å². The number of ether oxygens (including phenoxy) is 1. The van der Waals surface area contributed by atoms with Crippen LogP contribution in [0.4, 0.5) is 0 Å². The average Bonchev–Trinajstić information content (AvgIpc) is 1.97. The van der Waals surface area contributed by atoms with Crippen LogP contribution in [0.15, 0.2) is 12.2 Å². The van der Waals surface area contributed by atoms with Crippen LogP contribution < -0.4 is 5.32 Å².